The maximum absolute atomic E-state index is 5.51. The highest BCUT2D eigenvalue weighted by Crippen LogP contribution is 2.12. The Bertz CT molecular complexity index is 373. The van der Waals surface area contributed by atoms with E-state index in [1.165, 1.54) is 0 Å². The zero-order chi connectivity index (χ0) is 15.5. The molecule has 1 aromatic heterocycles. The summed E-state index contributed by atoms with van der Waals surface area (Å²) in [6.07, 6.45) is 1.29. The standard InChI is InChI=1S/C15H28N4O2/c1-5-7-16-13-10-14(17-8-9-21-12(3)4)19-15(18-13)11-20-6-2/h10,12H,5-9,11H2,1-4H3,(H2,16,17,18,19). The third kappa shape index (κ3) is 7.82. The van der Waals surface area contributed by atoms with Crippen LogP contribution < -0.4 is 10.6 Å². The van der Waals surface area contributed by atoms with E-state index in [0.717, 1.165) is 31.1 Å². The second kappa shape index (κ2) is 10.3. The molecule has 1 rings (SSSR count). The molecule has 120 valence electrons. The predicted molar refractivity (Wildman–Crippen MR) is 85.7 cm³/mol. The minimum Gasteiger partial charge on any atom is -0.377 e. The fraction of sp³-hybridized carbons (Fsp3) is 0.733. The van der Waals surface area contributed by atoms with Crippen LogP contribution in [0.3, 0.4) is 0 Å². The van der Waals surface area contributed by atoms with Gasteiger partial charge in [0, 0.05) is 25.8 Å². The van der Waals surface area contributed by atoms with Crippen molar-refractivity contribution in [3.63, 3.8) is 0 Å². The van der Waals surface area contributed by atoms with Gasteiger partial charge in [-0.1, -0.05) is 6.92 Å². The summed E-state index contributed by atoms with van der Waals surface area (Å²) < 4.78 is 10.9. The lowest BCUT2D eigenvalue weighted by molar-refractivity contribution is 0.0870. The first kappa shape index (κ1) is 17.7. The quantitative estimate of drug-likeness (QED) is 0.612. The third-order valence-electron chi connectivity index (χ3n) is 2.62. The van der Waals surface area contributed by atoms with Crippen LogP contribution in [0, 0.1) is 0 Å². The molecule has 0 amide bonds. The van der Waals surface area contributed by atoms with Crippen LogP contribution in [0.1, 0.15) is 39.9 Å². The fourth-order valence-electron chi connectivity index (χ4n) is 1.66. The van der Waals surface area contributed by atoms with Gasteiger partial charge in [-0.3, -0.25) is 0 Å². The van der Waals surface area contributed by atoms with Crippen LogP contribution >= 0.6 is 0 Å². The van der Waals surface area contributed by atoms with Gasteiger partial charge in [0.15, 0.2) is 5.82 Å². The second-order valence-corrected chi connectivity index (χ2v) is 4.96. The van der Waals surface area contributed by atoms with Crippen LogP contribution in [-0.4, -0.2) is 42.4 Å². The van der Waals surface area contributed by atoms with E-state index in [0.29, 0.717) is 25.6 Å². The van der Waals surface area contributed by atoms with E-state index in [-0.39, 0.29) is 6.10 Å². The fourth-order valence-corrected chi connectivity index (χ4v) is 1.66. The molecule has 0 aliphatic heterocycles. The minimum atomic E-state index is 0.243. The van der Waals surface area contributed by atoms with Crippen molar-refractivity contribution < 1.29 is 9.47 Å². The second-order valence-electron chi connectivity index (χ2n) is 4.96. The molecular weight excluding hydrogens is 268 g/mol. The van der Waals surface area contributed by atoms with E-state index in [1.54, 1.807) is 0 Å². The molecule has 1 heterocycles. The van der Waals surface area contributed by atoms with Crippen molar-refractivity contribution in [2.24, 2.45) is 0 Å². The Morgan fingerprint density at radius 1 is 1.10 bits per heavy atom. The van der Waals surface area contributed by atoms with Gasteiger partial charge in [0.25, 0.3) is 0 Å². The molecule has 0 saturated heterocycles. The van der Waals surface area contributed by atoms with Crippen molar-refractivity contribution in [3.05, 3.63) is 11.9 Å². The normalized spacial score (nSPS) is 10.9. The highest BCUT2D eigenvalue weighted by molar-refractivity contribution is 5.47. The van der Waals surface area contributed by atoms with Crippen molar-refractivity contribution in [1.82, 2.24) is 9.97 Å². The molecule has 0 bridgehead atoms. The van der Waals surface area contributed by atoms with Crippen molar-refractivity contribution in [1.29, 1.82) is 0 Å². The SMILES string of the molecule is CCCNc1cc(NCCOC(C)C)nc(COCC)n1. The Morgan fingerprint density at radius 2 is 1.76 bits per heavy atom. The molecule has 0 spiro atoms. The molecule has 0 atom stereocenters. The largest absolute Gasteiger partial charge is 0.377 e. The van der Waals surface area contributed by atoms with Crippen LogP contribution in [0.15, 0.2) is 6.07 Å². The Kier molecular flexibility index (Phi) is 8.69. The Balaban J connectivity index is 2.61. The Morgan fingerprint density at radius 3 is 2.33 bits per heavy atom. The molecule has 2 N–H and O–H groups in total. The highest BCUT2D eigenvalue weighted by atomic mass is 16.5. The molecule has 0 unspecified atom stereocenters. The summed E-state index contributed by atoms with van der Waals surface area (Å²) >= 11 is 0. The third-order valence-corrected chi connectivity index (χ3v) is 2.62. The number of hydrogen-bond donors (Lipinski definition) is 2. The highest BCUT2D eigenvalue weighted by Gasteiger charge is 2.05. The maximum atomic E-state index is 5.51. The van der Waals surface area contributed by atoms with Gasteiger partial charge in [-0.2, -0.15) is 0 Å². The van der Waals surface area contributed by atoms with Gasteiger partial charge < -0.3 is 20.1 Å². The molecule has 0 aliphatic rings. The average Bonchev–Trinajstić information content (AvgIpc) is 2.47. The van der Waals surface area contributed by atoms with Gasteiger partial charge in [-0.05, 0) is 27.2 Å². The summed E-state index contributed by atoms with van der Waals surface area (Å²) in [5.41, 5.74) is 0. The maximum Gasteiger partial charge on any atom is 0.158 e. The summed E-state index contributed by atoms with van der Waals surface area (Å²) in [5, 5.41) is 6.54. The van der Waals surface area contributed by atoms with Gasteiger partial charge in [0.05, 0.1) is 12.7 Å². The summed E-state index contributed by atoms with van der Waals surface area (Å²) in [6.45, 7) is 11.5. The van der Waals surface area contributed by atoms with Crippen LogP contribution in [0.2, 0.25) is 0 Å². The molecule has 21 heavy (non-hydrogen) atoms. The van der Waals surface area contributed by atoms with Crippen LogP contribution in [0.4, 0.5) is 11.6 Å². The zero-order valence-corrected chi connectivity index (χ0v) is 13.6. The van der Waals surface area contributed by atoms with Gasteiger partial charge in [-0.25, -0.2) is 9.97 Å². The van der Waals surface area contributed by atoms with E-state index >= 15 is 0 Å². The van der Waals surface area contributed by atoms with Gasteiger partial charge >= 0.3 is 0 Å². The molecule has 0 aromatic carbocycles. The zero-order valence-electron chi connectivity index (χ0n) is 13.6. The van der Waals surface area contributed by atoms with Crippen molar-refractivity contribution in [2.45, 2.75) is 46.8 Å². The minimum absolute atomic E-state index is 0.243. The smallest absolute Gasteiger partial charge is 0.158 e. The molecule has 6 heteroatoms. The predicted octanol–water partition coefficient (Wildman–Crippen LogP) is 2.67. The summed E-state index contributed by atoms with van der Waals surface area (Å²) in [6, 6.07) is 1.92. The molecule has 6 nitrogen and oxygen atoms in total. The van der Waals surface area contributed by atoms with E-state index in [1.807, 2.05) is 26.8 Å². The van der Waals surface area contributed by atoms with Crippen molar-refractivity contribution in [3.8, 4) is 0 Å². The lowest BCUT2D eigenvalue weighted by Gasteiger charge is -2.12. The van der Waals surface area contributed by atoms with E-state index in [4.69, 9.17) is 9.47 Å². The summed E-state index contributed by atoms with van der Waals surface area (Å²) in [5.74, 6) is 2.31. The number of hydrogen-bond acceptors (Lipinski definition) is 6. The van der Waals surface area contributed by atoms with Crippen LogP contribution in [0.25, 0.3) is 0 Å². The monoisotopic (exact) mass is 296 g/mol. The van der Waals surface area contributed by atoms with E-state index in [2.05, 4.69) is 27.5 Å². The van der Waals surface area contributed by atoms with Crippen LogP contribution in [0.5, 0.6) is 0 Å². The number of nitrogens with zero attached hydrogens (tertiary/aromatic N) is 2. The van der Waals surface area contributed by atoms with Crippen LogP contribution in [-0.2, 0) is 16.1 Å². The molecule has 1 aromatic rings. The van der Waals surface area contributed by atoms with E-state index in [9.17, 15) is 0 Å². The van der Waals surface area contributed by atoms with Gasteiger partial charge in [-0.15, -0.1) is 0 Å². The summed E-state index contributed by atoms with van der Waals surface area (Å²) in [4.78, 5) is 8.90. The number of rotatable bonds is 11. The number of ether oxygens (including phenoxy) is 2. The van der Waals surface area contributed by atoms with Gasteiger partial charge in [0.2, 0.25) is 0 Å². The lowest BCUT2D eigenvalue weighted by Crippen LogP contribution is -2.15. The molecule has 0 aliphatic carbocycles. The number of aromatic nitrogens is 2. The molecular formula is C15H28N4O2. The number of anilines is 2. The van der Waals surface area contributed by atoms with Crippen molar-refractivity contribution in [2.75, 3.05) is 36.9 Å². The topological polar surface area (TPSA) is 68.3 Å². The first-order valence-corrected chi connectivity index (χ1v) is 7.70. The lowest BCUT2D eigenvalue weighted by atomic mass is 10.4. The molecule has 0 fully saturated rings. The van der Waals surface area contributed by atoms with Crippen molar-refractivity contribution >= 4 is 11.6 Å². The number of nitrogens with one attached hydrogen (secondary N) is 2. The first-order valence-electron chi connectivity index (χ1n) is 7.70. The molecule has 0 radical (unpaired) electrons. The first-order chi connectivity index (χ1) is 10.2. The Labute approximate surface area is 127 Å². The summed E-state index contributed by atoms with van der Waals surface area (Å²) in [7, 11) is 0. The Hall–Kier alpha value is -1.40. The van der Waals surface area contributed by atoms with E-state index < -0.39 is 0 Å². The van der Waals surface area contributed by atoms with Gasteiger partial charge in [0.1, 0.15) is 18.2 Å². The molecule has 0 saturated carbocycles. The average molecular weight is 296 g/mol.